The number of hydrogen-bond acceptors (Lipinski definition) is 8. The van der Waals surface area contributed by atoms with Gasteiger partial charge in [-0.1, -0.05) is 25.1 Å². The van der Waals surface area contributed by atoms with Crippen LogP contribution in [0.4, 0.5) is 5.69 Å². The Kier molecular flexibility index (Phi) is 10.2. The molecule has 0 spiro atoms. The van der Waals surface area contributed by atoms with Crippen LogP contribution in [0, 0.1) is 0 Å². The molecule has 0 atom stereocenters. The van der Waals surface area contributed by atoms with Gasteiger partial charge < -0.3 is 19.3 Å². The molecule has 0 unspecified atom stereocenters. The summed E-state index contributed by atoms with van der Waals surface area (Å²) in [5.74, 6) is 0.923. The molecule has 2 rings (SSSR count). The lowest BCUT2D eigenvalue weighted by molar-refractivity contribution is -0.132. The molecule has 1 aliphatic rings. The van der Waals surface area contributed by atoms with E-state index >= 15 is 0 Å². The largest absolute Gasteiger partial charge is 0.495 e. The van der Waals surface area contributed by atoms with E-state index in [1.54, 1.807) is 25.3 Å². The van der Waals surface area contributed by atoms with E-state index in [0.717, 1.165) is 5.69 Å². The molecular weight excluding hydrogens is 444 g/mol. The first kappa shape index (κ1) is 26.2. The highest BCUT2D eigenvalue weighted by atomic mass is 35.5. The number of piperazine rings is 1. The summed E-state index contributed by atoms with van der Waals surface area (Å²) in [6.45, 7) is 12.2. The molecule has 0 saturated carbocycles. The van der Waals surface area contributed by atoms with Gasteiger partial charge in [-0.2, -0.15) is 10.2 Å². The topological polar surface area (TPSA) is 82.3 Å². The van der Waals surface area contributed by atoms with Crippen LogP contribution in [0.15, 0.2) is 45.8 Å². The van der Waals surface area contributed by atoms with Gasteiger partial charge in [0.25, 0.3) is 5.90 Å². The second-order valence-corrected chi connectivity index (χ2v) is 7.77. The normalized spacial score (nSPS) is 15.1. The maximum atomic E-state index is 13.0. The van der Waals surface area contributed by atoms with Crippen molar-refractivity contribution >= 4 is 41.0 Å². The summed E-state index contributed by atoms with van der Waals surface area (Å²) >= 11 is 6.13. The molecule has 0 aromatic heterocycles. The van der Waals surface area contributed by atoms with Crippen molar-refractivity contribution < 1.29 is 14.3 Å². The number of amides is 1. The third kappa shape index (κ3) is 7.21. The van der Waals surface area contributed by atoms with Crippen molar-refractivity contribution in [3.05, 3.63) is 35.5 Å². The first-order valence-corrected chi connectivity index (χ1v) is 11.2. The zero-order chi connectivity index (χ0) is 24.4. The van der Waals surface area contributed by atoms with Crippen molar-refractivity contribution in [1.82, 2.24) is 9.91 Å². The number of hydrogen-bond donors (Lipinski definition) is 0. The Balaban J connectivity index is 2.06. The zero-order valence-electron chi connectivity index (χ0n) is 20.0. The van der Waals surface area contributed by atoms with E-state index < -0.39 is 0 Å². The van der Waals surface area contributed by atoms with E-state index in [-0.39, 0.29) is 12.5 Å². The van der Waals surface area contributed by atoms with Crippen LogP contribution in [0.25, 0.3) is 0 Å². The molecule has 1 aliphatic heterocycles. The monoisotopic (exact) mass is 476 g/mol. The summed E-state index contributed by atoms with van der Waals surface area (Å²) in [7, 11) is 3.11. The van der Waals surface area contributed by atoms with E-state index in [9.17, 15) is 4.79 Å². The number of rotatable bonds is 9. The number of nitrogens with zero attached hydrogens (tertiary/aromatic N) is 6. The molecule has 1 heterocycles. The highest BCUT2D eigenvalue weighted by molar-refractivity contribution is 6.38. The number of ether oxygens (including phenoxy) is 2. The van der Waals surface area contributed by atoms with E-state index in [2.05, 4.69) is 26.8 Å². The Bertz CT molecular complexity index is 923. The van der Waals surface area contributed by atoms with Gasteiger partial charge >= 0.3 is 0 Å². The van der Waals surface area contributed by atoms with E-state index in [0.29, 0.717) is 60.7 Å². The summed E-state index contributed by atoms with van der Waals surface area (Å²) < 4.78 is 10.6. The van der Waals surface area contributed by atoms with Gasteiger partial charge in [-0.15, -0.1) is 5.10 Å². The highest BCUT2D eigenvalue weighted by Gasteiger charge is 2.24. The Morgan fingerprint density at radius 3 is 2.52 bits per heavy atom. The second kappa shape index (κ2) is 12.8. The number of hydrazone groups is 1. The lowest BCUT2D eigenvalue weighted by atomic mass is 10.2. The van der Waals surface area contributed by atoms with Crippen molar-refractivity contribution in [3.63, 3.8) is 0 Å². The third-order valence-corrected chi connectivity index (χ3v) is 5.45. The maximum absolute atomic E-state index is 13.0. The van der Waals surface area contributed by atoms with Crippen molar-refractivity contribution in [2.45, 2.75) is 27.2 Å². The van der Waals surface area contributed by atoms with Crippen LogP contribution >= 0.6 is 11.6 Å². The summed E-state index contributed by atoms with van der Waals surface area (Å²) in [4.78, 5) is 17.1. The fourth-order valence-corrected chi connectivity index (χ4v) is 3.47. The van der Waals surface area contributed by atoms with Crippen LogP contribution in [0.1, 0.15) is 27.2 Å². The number of carbonyl (C=O) groups is 1. The molecule has 0 aliphatic carbocycles. The smallest absolute Gasteiger partial charge is 0.256 e. The van der Waals surface area contributed by atoms with Gasteiger partial charge in [-0.3, -0.25) is 9.80 Å². The average Bonchev–Trinajstić information content (AvgIpc) is 2.83. The SMILES string of the molecule is C=C(C)N(CC(=O)N1CCN(c2ccc(Cl)c(OC)c2)CC1)/N=C(CC)/C(=N/N=C/C)OC. The lowest BCUT2D eigenvalue weighted by Crippen LogP contribution is -2.50. The van der Waals surface area contributed by atoms with Crippen LogP contribution < -0.4 is 9.64 Å². The van der Waals surface area contributed by atoms with Gasteiger partial charge in [0.1, 0.15) is 18.0 Å². The summed E-state index contributed by atoms with van der Waals surface area (Å²) in [6, 6.07) is 5.70. The molecule has 0 N–H and O–H groups in total. The minimum absolute atomic E-state index is 0.0203. The summed E-state index contributed by atoms with van der Waals surface area (Å²) in [5.41, 5.74) is 2.25. The molecule has 1 fully saturated rings. The molecule has 33 heavy (non-hydrogen) atoms. The quantitative estimate of drug-likeness (QED) is 0.308. The number of carbonyl (C=O) groups excluding carboxylic acids is 1. The van der Waals surface area contributed by atoms with Crippen molar-refractivity contribution in [2.75, 3.05) is 51.8 Å². The first-order chi connectivity index (χ1) is 15.8. The van der Waals surface area contributed by atoms with Gasteiger partial charge in [0.05, 0.1) is 19.2 Å². The number of benzene rings is 1. The van der Waals surface area contributed by atoms with E-state index in [1.165, 1.54) is 7.11 Å². The van der Waals surface area contributed by atoms with E-state index in [4.69, 9.17) is 21.1 Å². The molecule has 1 saturated heterocycles. The molecule has 1 aromatic rings. The van der Waals surface area contributed by atoms with Crippen molar-refractivity contribution in [3.8, 4) is 5.75 Å². The standard InChI is InChI=1S/C23H33ClN6O3/c1-7-20(23(33-6)26-25-8-2)27-30(17(3)4)16-22(31)29-13-11-28(12-14-29)18-9-10-19(24)21(15-18)32-5/h8-10,15H,3,7,11-14,16H2,1-2,4-6H3/b25-8+,26-23-,27-20+. The first-order valence-electron chi connectivity index (χ1n) is 10.8. The molecule has 180 valence electrons. The lowest BCUT2D eigenvalue weighted by Gasteiger charge is -2.37. The second-order valence-electron chi connectivity index (χ2n) is 7.36. The highest BCUT2D eigenvalue weighted by Crippen LogP contribution is 2.29. The van der Waals surface area contributed by atoms with Gasteiger partial charge in [-0.05, 0) is 32.4 Å². The Morgan fingerprint density at radius 2 is 1.97 bits per heavy atom. The number of allylic oxidation sites excluding steroid dienone is 1. The van der Waals surface area contributed by atoms with Crippen LogP contribution in [0.3, 0.4) is 0 Å². The molecule has 9 nitrogen and oxygen atoms in total. The maximum Gasteiger partial charge on any atom is 0.256 e. The van der Waals surface area contributed by atoms with Gasteiger partial charge in [0, 0.05) is 49.8 Å². The van der Waals surface area contributed by atoms with E-state index in [1.807, 2.05) is 36.9 Å². The van der Waals surface area contributed by atoms with Crippen LogP contribution in [0.2, 0.25) is 5.02 Å². The average molecular weight is 477 g/mol. The van der Waals surface area contributed by atoms with Crippen LogP contribution in [-0.4, -0.2) is 80.6 Å². The zero-order valence-corrected chi connectivity index (χ0v) is 20.8. The molecule has 0 bridgehead atoms. The molecular formula is C23H33ClN6O3. The van der Waals surface area contributed by atoms with Gasteiger partial charge in [-0.25, -0.2) is 0 Å². The fourth-order valence-electron chi connectivity index (χ4n) is 3.28. The minimum Gasteiger partial charge on any atom is -0.495 e. The minimum atomic E-state index is -0.0203. The predicted molar refractivity (Wildman–Crippen MR) is 135 cm³/mol. The van der Waals surface area contributed by atoms with Gasteiger partial charge in [0.2, 0.25) is 5.91 Å². The number of halogens is 1. The fraction of sp³-hybridized carbons (Fsp3) is 0.478. The summed E-state index contributed by atoms with van der Waals surface area (Å²) in [6.07, 6.45) is 2.12. The van der Waals surface area contributed by atoms with Crippen molar-refractivity contribution in [2.24, 2.45) is 15.3 Å². The third-order valence-electron chi connectivity index (χ3n) is 5.14. The van der Waals surface area contributed by atoms with Crippen molar-refractivity contribution in [1.29, 1.82) is 0 Å². The number of anilines is 1. The summed E-state index contributed by atoms with van der Waals surface area (Å²) in [5, 5.41) is 14.6. The molecule has 0 radical (unpaired) electrons. The molecule has 1 aromatic carbocycles. The van der Waals surface area contributed by atoms with Crippen LogP contribution in [0.5, 0.6) is 5.75 Å². The Morgan fingerprint density at radius 1 is 1.27 bits per heavy atom. The number of methoxy groups -OCH3 is 2. The van der Waals surface area contributed by atoms with Crippen LogP contribution in [-0.2, 0) is 9.53 Å². The Labute approximate surface area is 201 Å². The Hall–Kier alpha value is -3.07. The van der Waals surface area contributed by atoms with Gasteiger partial charge in [0.15, 0.2) is 0 Å². The molecule has 10 heteroatoms. The molecule has 1 amide bonds. The predicted octanol–water partition coefficient (Wildman–Crippen LogP) is 3.65.